The van der Waals surface area contributed by atoms with E-state index in [9.17, 15) is 14.4 Å². The zero-order chi connectivity index (χ0) is 26.7. The zero-order valence-electron chi connectivity index (χ0n) is 22.1. The summed E-state index contributed by atoms with van der Waals surface area (Å²) in [7, 11) is 3.14. The molecule has 0 saturated carbocycles. The quantitative estimate of drug-likeness (QED) is 0.441. The molecule has 2 aromatic carbocycles. The Morgan fingerprint density at radius 3 is 1.84 bits per heavy atom. The largest absolute Gasteiger partial charge is 0.490 e. The van der Waals surface area contributed by atoms with Crippen molar-refractivity contribution in [2.45, 2.75) is 33.6 Å². The Kier molecular flexibility index (Phi) is 7.75. The van der Waals surface area contributed by atoms with Crippen molar-refractivity contribution in [3.8, 4) is 17.2 Å². The first-order valence-electron chi connectivity index (χ1n) is 12.7. The van der Waals surface area contributed by atoms with Gasteiger partial charge in [0.25, 0.3) is 5.91 Å². The Labute approximate surface area is 215 Å². The van der Waals surface area contributed by atoms with Crippen LogP contribution in [0.1, 0.15) is 44.0 Å². The van der Waals surface area contributed by atoms with Crippen LogP contribution in [0.3, 0.4) is 0 Å². The number of aryl methyl sites for hydroxylation is 2. The van der Waals surface area contributed by atoms with E-state index in [2.05, 4.69) is 10.2 Å². The van der Waals surface area contributed by atoms with Gasteiger partial charge in [-0.3, -0.25) is 14.4 Å². The van der Waals surface area contributed by atoms with Gasteiger partial charge in [-0.15, -0.1) is 0 Å². The first-order valence-corrected chi connectivity index (χ1v) is 12.7. The number of carbonyl (C=O) groups is 1. The number of hydrogen-bond donors (Lipinski definition) is 1. The average Bonchev–Trinajstić information content (AvgIpc) is 3.42. The van der Waals surface area contributed by atoms with Crippen LogP contribution in [0, 0.1) is 0 Å². The minimum absolute atomic E-state index is 0.345. The molecule has 0 bridgehead atoms. The fraction of sp³-hybridized carbons (Fsp3) is 0.444. The molecule has 2 heterocycles. The molecule has 1 aliphatic heterocycles. The van der Waals surface area contributed by atoms with Crippen LogP contribution in [0.2, 0.25) is 0 Å². The fourth-order valence-electron chi connectivity index (χ4n) is 4.64. The van der Waals surface area contributed by atoms with E-state index in [0.717, 1.165) is 31.6 Å². The fourth-order valence-corrected chi connectivity index (χ4v) is 4.64. The number of amides is 1. The second kappa shape index (κ2) is 11.0. The number of rotatable bonds is 9. The number of benzene rings is 2. The summed E-state index contributed by atoms with van der Waals surface area (Å²) in [6.07, 6.45) is 2.07. The van der Waals surface area contributed by atoms with Gasteiger partial charge in [0.1, 0.15) is 0 Å². The van der Waals surface area contributed by atoms with E-state index in [-0.39, 0.29) is 5.91 Å². The number of ether oxygens (including phenoxy) is 3. The van der Waals surface area contributed by atoms with Crippen LogP contribution in [0.5, 0.6) is 17.2 Å². The van der Waals surface area contributed by atoms with Gasteiger partial charge in [-0.2, -0.15) is 0 Å². The Morgan fingerprint density at radius 1 is 0.811 bits per heavy atom. The minimum atomic E-state index is -0.629. The minimum Gasteiger partial charge on any atom is -0.490 e. The topological polar surface area (TPSA) is 104 Å². The molecule has 1 saturated heterocycles. The first kappa shape index (κ1) is 26.1. The van der Waals surface area contributed by atoms with Crippen LogP contribution in [0.15, 0.2) is 33.9 Å². The maximum absolute atomic E-state index is 13.6. The first-order chi connectivity index (χ1) is 17.8. The highest BCUT2D eigenvalue weighted by Crippen LogP contribution is 2.40. The zero-order valence-corrected chi connectivity index (χ0v) is 22.1. The van der Waals surface area contributed by atoms with Crippen molar-refractivity contribution < 1.29 is 19.0 Å². The van der Waals surface area contributed by atoms with Gasteiger partial charge in [-0.05, 0) is 57.9 Å². The Hall–Kier alpha value is -3.95. The summed E-state index contributed by atoms with van der Waals surface area (Å²) in [6.45, 7) is 8.47. The summed E-state index contributed by atoms with van der Waals surface area (Å²) >= 11 is 0. The SMILES string of the molecule is CCOc1cc(C(=O)Nc2cc3c(cc2N2CCCC2)n(C)c(=O)c(=O)n3C)cc(OCC)c1OCC. The molecule has 0 aliphatic carbocycles. The molecule has 0 spiro atoms. The molecule has 1 aromatic heterocycles. The van der Waals surface area contributed by atoms with E-state index >= 15 is 0 Å². The van der Waals surface area contributed by atoms with Crippen molar-refractivity contribution in [2.24, 2.45) is 14.1 Å². The van der Waals surface area contributed by atoms with E-state index in [1.165, 1.54) is 9.13 Å². The number of fused-ring (bicyclic) bond motifs is 1. The van der Waals surface area contributed by atoms with Gasteiger partial charge in [0.05, 0.1) is 42.2 Å². The van der Waals surface area contributed by atoms with Gasteiger partial charge in [0.2, 0.25) is 5.75 Å². The predicted octanol–water partition coefficient (Wildman–Crippen LogP) is 3.29. The van der Waals surface area contributed by atoms with Crippen LogP contribution >= 0.6 is 0 Å². The average molecular weight is 511 g/mol. The Balaban J connectivity index is 1.83. The monoisotopic (exact) mass is 510 g/mol. The normalized spacial score (nSPS) is 13.2. The lowest BCUT2D eigenvalue weighted by molar-refractivity contribution is 0.102. The number of hydrogen-bond acceptors (Lipinski definition) is 7. The molecule has 1 N–H and O–H groups in total. The molecule has 0 atom stereocenters. The maximum Gasteiger partial charge on any atom is 0.316 e. The van der Waals surface area contributed by atoms with E-state index in [1.54, 1.807) is 32.3 Å². The van der Waals surface area contributed by atoms with Gasteiger partial charge in [0.15, 0.2) is 11.5 Å². The highest BCUT2D eigenvalue weighted by molar-refractivity contribution is 6.08. The van der Waals surface area contributed by atoms with Crippen molar-refractivity contribution in [3.05, 3.63) is 50.5 Å². The van der Waals surface area contributed by atoms with E-state index in [1.807, 2.05) is 26.8 Å². The number of nitrogens with zero attached hydrogens (tertiary/aromatic N) is 3. The molecule has 4 rings (SSSR count). The lowest BCUT2D eigenvalue weighted by Gasteiger charge is -2.24. The van der Waals surface area contributed by atoms with Gasteiger partial charge >= 0.3 is 11.1 Å². The number of anilines is 2. The van der Waals surface area contributed by atoms with Gasteiger partial charge in [0, 0.05) is 32.7 Å². The van der Waals surface area contributed by atoms with Crippen LogP contribution in [0.4, 0.5) is 11.4 Å². The predicted molar refractivity (Wildman–Crippen MR) is 144 cm³/mol. The number of carbonyl (C=O) groups excluding carboxylic acids is 1. The third-order valence-corrected chi connectivity index (χ3v) is 6.47. The standard InChI is InChI=1S/C27H34N4O6/c1-6-35-22-13-17(14-23(36-7-2)24(22)37-8-3)25(32)28-18-15-20-21(16-19(18)31-11-9-10-12-31)30(5)27(34)26(33)29(20)4/h13-16H,6-12H2,1-5H3,(H,28,32). The molecule has 0 radical (unpaired) electrons. The Bertz CT molecular complexity index is 1410. The third-order valence-electron chi connectivity index (χ3n) is 6.47. The van der Waals surface area contributed by atoms with Crippen LogP contribution in [-0.4, -0.2) is 48.0 Å². The highest BCUT2D eigenvalue weighted by Gasteiger charge is 2.23. The van der Waals surface area contributed by atoms with Gasteiger partial charge < -0.3 is 33.6 Å². The lowest BCUT2D eigenvalue weighted by Crippen LogP contribution is -2.39. The van der Waals surface area contributed by atoms with Gasteiger partial charge in [-0.25, -0.2) is 0 Å². The molecule has 37 heavy (non-hydrogen) atoms. The van der Waals surface area contributed by atoms with Crippen molar-refractivity contribution >= 4 is 28.3 Å². The molecule has 3 aromatic rings. The number of aromatic nitrogens is 2. The second-order valence-electron chi connectivity index (χ2n) is 8.84. The third kappa shape index (κ3) is 5.00. The Morgan fingerprint density at radius 2 is 1.32 bits per heavy atom. The van der Waals surface area contributed by atoms with Crippen molar-refractivity contribution in [3.63, 3.8) is 0 Å². The van der Waals surface area contributed by atoms with Gasteiger partial charge in [-0.1, -0.05) is 0 Å². The van der Waals surface area contributed by atoms with Crippen molar-refractivity contribution in [2.75, 3.05) is 43.1 Å². The van der Waals surface area contributed by atoms with E-state index < -0.39 is 11.1 Å². The van der Waals surface area contributed by atoms with Crippen LogP contribution in [-0.2, 0) is 14.1 Å². The summed E-state index contributed by atoms with van der Waals surface area (Å²) in [5, 5.41) is 3.03. The molecule has 10 nitrogen and oxygen atoms in total. The molecule has 1 fully saturated rings. The molecule has 1 aliphatic rings. The number of nitrogens with one attached hydrogen (secondary N) is 1. The summed E-state index contributed by atoms with van der Waals surface area (Å²) in [5.41, 5.74) is 1.63. The van der Waals surface area contributed by atoms with E-state index in [0.29, 0.717) is 59.4 Å². The van der Waals surface area contributed by atoms with Crippen LogP contribution < -0.4 is 35.5 Å². The van der Waals surface area contributed by atoms with Crippen LogP contribution in [0.25, 0.3) is 11.0 Å². The summed E-state index contributed by atoms with van der Waals surface area (Å²) < 4.78 is 20.0. The molecule has 10 heteroatoms. The van der Waals surface area contributed by atoms with Crippen molar-refractivity contribution in [1.82, 2.24) is 9.13 Å². The van der Waals surface area contributed by atoms with Crippen molar-refractivity contribution in [1.29, 1.82) is 0 Å². The molecular weight excluding hydrogens is 476 g/mol. The molecule has 198 valence electrons. The highest BCUT2D eigenvalue weighted by atomic mass is 16.5. The molecular formula is C27H34N4O6. The smallest absolute Gasteiger partial charge is 0.316 e. The van der Waals surface area contributed by atoms with E-state index in [4.69, 9.17) is 14.2 Å². The summed E-state index contributed by atoms with van der Waals surface area (Å²) in [4.78, 5) is 40.7. The summed E-state index contributed by atoms with van der Waals surface area (Å²) in [5.74, 6) is 0.953. The molecule has 0 unspecified atom stereocenters. The summed E-state index contributed by atoms with van der Waals surface area (Å²) in [6, 6.07) is 6.90. The second-order valence-corrected chi connectivity index (χ2v) is 8.84. The lowest BCUT2D eigenvalue weighted by atomic mass is 10.1. The molecule has 1 amide bonds. The maximum atomic E-state index is 13.6.